The van der Waals surface area contributed by atoms with Crippen molar-refractivity contribution in [2.75, 3.05) is 0 Å². The predicted octanol–water partition coefficient (Wildman–Crippen LogP) is 27.6. The molecule has 0 aliphatic rings. The van der Waals surface area contributed by atoms with Gasteiger partial charge in [0.1, 0.15) is 11.9 Å². The van der Waals surface area contributed by atoms with Crippen molar-refractivity contribution in [3.8, 4) is 5.75 Å². The van der Waals surface area contributed by atoms with E-state index in [1.165, 1.54) is 268 Å². The molecule has 0 amide bonds. The van der Waals surface area contributed by atoms with Gasteiger partial charge < -0.3 is 14.6 Å². The van der Waals surface area contributed by atoms with E-state index in [4.69, 9.17) is 9.47 Å². The van der Waals surface area contributed by atoms with Crippen LogP contribution in [0.25, 0.3) is 0 Å². The minimum atomic E-state index is -0.732. The molecular weight excluding hydrogens is 1080 g/mol. The summed E-state index contributed by atoms with van der Waals surface area (Å²) in [7, 11) is 0. The topological polar surface area (TPSA) is 98.9 Å². The molecule has 1 aromatic carbocycles. The molecule has 0 aliphatic heterocycles. The molecule has 0 atom stereocenters. The number of unbranched alkanes of at least 4 members (excludes halogenated alkanes) is 36. The molecule has 0 fully saturated rings. The number of allylic oxidation sites excluding steroid dienone is 16. The Morgan fingerprint density at radius 1 is 0.364 bits per heavy atom. The SMILES string of the molecule is CCCCC/C=C\C/C=C\CCCCCCCCC(CCCCCCCC/C=C\C/C=C\CCCCC)OC(=O)Oc1ccc([N+](=O)[O-])cc1.CCCCC/C=C\C/C=C\CCCCCCCCC(O)CCCCCCCC/C=C\C/C=C\CCCCC. The van der Waals surface area contributed by atoms with Crippen molar-refractivity contribution in [2.45, 2.75) is 374 Å². The number of nitro groups is 1. The first-order chi connectivity index (χ1) is 43.4. The van der Waals surface area contributed by atoms with E-state index in [0.29, 0.717) is 0 Å². The minimum Gasteiger partial charge on any atom is -0.431 e. The highest BCUT2D eigenvalue weighted by Gasteiger charge is 2.17. The zero-order chi connectivity index (χ0) is 63.8. The normalized spacial score (nSPS) is 12.2. The summed E-state index contributed by atoms with van der Waals surface area (Å²) in [6, 6.07) is 5.52. The number of carbonyl (C=O) groups excluding carboxylic acids is 1. The van der Waals surface area contributed by atoms with E-state index in [-0.39, 0.29) is 23.6 Å². The third kappa shape index (κ3) is 66.2. The van der Waals surface area contributed by atoms with Crippen molar-refractivity contribution >= 4 is 11.8 Å². The Labute approximate surface area is 544 Å². The van der Waals surface area contributed by atoms with Gasteiger partial charge in [0, 0.05) is 12.1 Å². The maximum atomic E-state index is 12.6. The zero-order valence-corrected chi connectivity index (χ0v) is 57.9. The number of aliphatic hydroxyl groups is 1. The maximum Gasteiger partial charge on any atom is 0.514 e. The lowest BCUT2D eigenvalue weighted by Crippen LogP contribution is -2.21. The van der Waals surface area contributed by atoms with Crippen LogP contribution in [-0.2, 0) is 4.74 Å². The van der Waals surface area contributed by atoms with Gasteiger partial charge in [-0.25, -0.2) is 4.79 Å². The van der Waals surface area contributed by atoms with Crippen LogP contribution in [0.3, 0.4) is 0 Å². The van der Waals surface area contributed by atoms with Crippen LogP contribution in [0.2, 0.25) is 0 Å². The van der Waals surface area contributed by atoms with Gasteiger partial charge in [-0.05, 0) is 179 Å². The van der Waals surface area contributed by atoms with Gasteiger partial charge in [0.05, 0.1) is 11.0 Å². The quantitative estimate of drug-likeness (QED) is 0.0174. The number of nitrogens with zero attached hydrogens (tertiary/aromatic N) is 1. The van der Waals surface area contributed by atoms with Crippen LogP contribution in [0.5, 0.6) is 5.75 Å². The third-order valence-corrected chi connectivity index (χ3v) is 16.4. The lowest BCUT2D eigenvalue weighted by atomic mass is 10.0. The van der Waals surface area contributed by atoms with Crippen molar-refractivity contribution < 1.29 is 24.3 Å². The monoisotopic (exact) mass is 1220 g/mol. The maximum absolute atomic E-state index is 12.6. The van der Waals surface area contributed by atoms with Gasteiger partial charge >= 0.3 is 6.16 Å². The van der Waals surface area contributed by atoms with E-state index in [0.717, 1.165) is 89.9 Å². The fourth-order valence-electron chi connectivity index (χ4n) is 10.8. The number of ether oxygens (including phenoxy) is 2. The van der Waals surface area contributed by atoms with Crippen LogP contribution in [0.4, 0.5) is 10.5 Å². The van der Waals surface area contributed by atoms with Gasteiger partial charge in [-0.15, -0.1) is 0 Å². The van der Waals surface area contributed by atoms with E-state index < -0.39 is 11.1 Å². The van der Waals surface area contributed by atoms with Crippen molar-refractivity contribution in [1.82, 2.24) is 0 Å². The fraction of sp³-hybridized carbons (Fsp3) is 0.716. The molecule has 1 rings (SSSR count). The number of rotatable bonds is 63. The van der Waals surface area contributed by atoms with E-state index >= 15 is 0 Å². The molecule has 0 aliphatic carbocycles. The number of benzene rings is 1. The first kappa shape index (κ1) is 83.8. The van der Waals surface area contributed by atoms with Gasteiger partial charge in [0.2, 0.25) is 0 Å². The highest BCUT2D eigenvalue weighted by molar-refractivity contribution is 5.64. The Balaban J connectivity index is 0.00000179. The molecule has 7 heteroatoms. The molecular formula is C81H139NO6. The molecule has 0 spiro atoms. The van der Waals surface area contributed by atoms with Crippen LogP contribution >= 0.6 is 0 Å². The Hall–Kier alpha value is -4.23. The molecule has 0 unspecified atom stereocenters. The van der Waals surface area contributed by atoms with Crippen molar-refractivity contribution in [3.05, 3.63) is 132 Å². The summed E-state index contributed by atoms with van der Waals surface area (Å²) in [6.07, 6.45) is 99.6. The van der Waals surface area contributed by atoms with E-state index in [1.807, 2.05) is 0 Å². The number of carbonyl (C=O) groups is 1. The van der Waals surface area contributed by atoms with Crippen molar-refractivity contribution in [2.24, 2.45) is 0 Å². The van der Waals surface area contributed by atoms with Gasteiger partial charge in [-0.3, -0.25) is 10.1 Å². The summed E-state index contributed by atoms with van der Waals surface area (Å²) >= 11 is 0. The third-order valence-electron chi connectivity index (χ3n) is 16.4. The average molecular weight is 1220 g/mol. The summed E-state index contributed by atoms with van der Waals surface area (Å²) in [6.45, 7) is 9.01. The number of nitro benzene ring substituents is 1. The highest BCUT2D eigenvalue weighted by Crippen LogP contribution is 2.22. The number of hydrogen-bond acceptors (Lipinski definition) is 6. The Morgan fingerprint density at radius 3 is 0.864 bits per heavy atom. The average Bonchev–Trinajstić information content (AvgIpc) is 3.59. The molecule has 1 aromatic rings. The molecule has 504 valence electrons. The first-order valence-corrected chi connectivity index (χ1v) is 37.4. The summed E-state index contributed by atoms with van der Waals surface area (Å²) in [4.78, 5) is 23.0. The zero-order valence-electron chi connectivity index (χ0n) is 57.9. The summed E-state index contributed by atoms with van der Waals surface area (Å²) in [5.74, 6) is 0.252. The van der Waals surface area contributed by atoms with Crippen LogP contribution in [-0.4, -0.2) is 28.4 Å². The Bertz CT molecular complexity index is 1760. The molecule has 0 saturated heterocycles. The molecule has 1 N–H and O–H groups in total. The second-order valence-electron chi connectivity index (χ2n) is 25.0. The second-order valence-corrected chi connectivity index (χ2v) is 25.0. The molecule has 0 radical (unpaired) electrons. The van der Waals surface area contributed by atoms with Gasteiger partial charge in [-0.2, -0.15) is 0 Å². The fourth-order valence-corrected chi connectivity index (χ4v) is 10.8. The lowest BCUT2D eigenvalue weighted by Gasteiger charge is -2.17. The lowest BCUT2D eigenvalue weighted by molar-refractivity contribution is -0.384. The molecule has 0 aromatic heterocycles. The second kappa shape index (κ2) is 71.8. The molecule has 7 nitrogen and oxygen atoms in total. The van der Waals surface area contributed by atoms with Gasteiger partial charge in [0.15, 0.2) is 0 Å². The van der Waals surface area contributed by atoms with Crippen LogP contribution in [0.1, 0.15) is 362 Å². The standard InChI is InChI=1S/C44H71NO5.C37H68O/c1-3-5-7-9-11-13-15-17-19-21-23-25-27-29-31-33-35-42(49-44(46)50-43-39-37-41(38-40-43)45(47)48)36-34-32-30-28-26-24-22-20-18-16-14-12-10-8-6-4-2;1-3-5-7-9-11-13-15-17-19-21-23-25-27-29-31-33-35-37(38)36-34-32-30-28-26-24-22-20-18-16-14-12-10-8-6-4-2/h11-14,17-20,37-40,42H,3-10,15-16,21-36H2,1-2H3;11-14,17-20,37-38H,3-10,15-16,21-36H2,1-2H3/b2*13-11-,14-12-,19-17-,20-18-. The van der Waals surface area contributed by atoms with E-state index in [1.54, 1.807) is 0 Å². The smallest absolute Gasteiger partial charge is 0.431 e. The number of non-ortho nitro benzene ring substituents is 1. The molecule has 0 saturated carbocycles. The molecule has 88 heavy (non-hydrogen) atoms. The Morgan fingerprint density at radius 2 is 0.602 bits per heavy atom. The van der Waals surface area contributed by atoms with Crippen LogP contribution in [0, 0.1) is 10.1 Å². The van der Waals surface area contributed by atoms with Gasteiger partial charge in [0.25, 0.3) is 5.69 Å². The molecule has 0 bridgehead atoms. The number of aliphatic hydroxyl groups excluding tert-OH is 1. The highest BCUT2D eigenvalue weighted by atomic mass is 16.7. The predicted molar refractivity (Wildman–Crippen MR) is 386 cm³/mol. The summed E-state index contributed by atoms with van der Waals surface area (Å²) in [5, 5.41) is 21.2. The summed E-state index contributed by atoms with van der Waals surface area (Å²) in [5.41, 5.74) is -0.0432. The van der Waals surface area contributed by atoms with E-state index in [9.17, 15) is 20.0 Å². The largest absolute Gasteiger partial charge is 0.514 e. The summed E-state index contributed by atoms with van der Waals surface area (Å²) < 4.78 is 11.1. The van der Waals surface area contributed by atoms with Gasteiger partial charge in [-0.1, -0.05) is 292 Å². The van der Waals surface area contributed by atoms with Crippen LogP contribution in [0.15, 0.2) is 121 Å². The first-order valence-electron chi connectivity index (χ1n) is 37.4. The minimum absolute atomic E-state index is 0.0432. The van der Waals surface area contributed by atoms with Crippen LogP contribution < -0.4 is 4.74 Å². The van der Waals surface area contributed by atoms with Crippen molar-refractivity contribution in [3.63, 3.8) is 0 Å². The Kier molecular flexibility index (Phi) is 68.4. The van der Waals surface area contributed by atoms with Crippen molar-refractivity contribution in [1.29, 1.82) is 0 Å². The van der Waals surface area contributed by atoms with E-state index in [2.05, 4.69) is 125 Å². The molecule has 0 heterocycles. The number of hydrogen-bond donors (Lipinski definition) is 1.